The minimum absolute atomic E-state index is 0.0552. The van der Waals surface area contributed by atoms with Crippen LogP contribution in [0.4, 0.5) is 14.6 Å². The molecule has 2 aromatic rings. The van der Waals surface area contributed by atoms with Gasteiger partial charge in [-0.25, -0.2) is 13.8 Å². The molecule has 0 bridgehead atoms. The van der Waals surface area contributed by atoms with Gasteiger partial charge < -0.3 is 5.32 Å². The van der Waals surface area contributed by atoms with E-state index in [-0.39, 0.29) is 28.0 Å². The molecular formula is C16H16ClF2N5O2. The second-order valence-electron chi connectivity index (χ2n) is 5.86. The number of piperidine rings is 1. The molecule has 0 aliphatic carbocycles. The Morgan fingerprint density at radius 1 is 1.08 bits per heavy atom. The van der Waals surface area contributed by atoms with Gasteiger partial charge in [-0.3, -0.25) is 20.1 Å². The van der Waals surface area contributed by atoms with Gasteiger partial charge in [-0.05, 0) is 25.0 Å². The summed E-state index contributed by atoms with van der Waals surface area (Å²) in [4.78, 5) is 24.3. The number of hydrazine groups is 1. The summed E-state index contributed by atoms with van der Waals surface area (Å²) in [6.45, 7) is 1.55. The van der Waals surface area contributed by atoms with Gasteiger partial charge in [0.2, 0.25) is 0 Å². The predicted molar refractivity (Wildman–Crippen MR) is 90.8 cm³/mol. The van der Waals surface area contributed by atoms with Crippen LogP contribution < -0.4 is 10.7 Å². The number of hydrogen-bond acceptors (Lipinski definition) is 4. The monoisotopic (exact) mass is 383 g/mol. The number of hydrogen-bond donors (Lipinski definition) is 3. The fourth-order valence-corrected chi connectivity index (χ4v) is 2.83. The molecule has 0 saturated carbocycles. The van der Waals surface area contributed by atoms with E-state index in [9.17, 15) is 18.4 Å². The number of aromatic amines is 1. The van der Waals surface area contributed by atoms with Crippen molar-refractivity contribution >= 4 is 29.2 Å². The van der Waals surface area contributed by atoms with E-state index >= 15 is 0 Å². The van der Waals surface area contributed by atoms with Gasteiger partial charge in [-0.2, -0.15) is 5.10 Å². The predicted octanol–water partition coefficient (Wildman–Crippen LogP) is 2.72. The molecule has 7 nitrogen and oxygen atoms in total. The molecule has 1 aliphatic heterocycles. The first-order chi connectivity index (χ1) is 12.4. The van der Waals surface area contributed by atoms with E-state index < -0.39 is 17.5 Å². The average Bonchev–Trinajstić information content (AvgIpc) is 3.07. The summed E-state index contributed by atoms with van der Waals surface area (Å²) < 4.78 is 26.4. The average molecular weight is 384 g/mol. The Balaban J connectivity index is 1.65. The van der Waals surface area contributed by atoms with Gasteiger partial charge in [0, 0.05) is 19.2 Å². The summed E-state index contributed by atoms with van der Waals surface area (Å²) in [6, 6.07) is 2.75. The lowest BCUT2D eigenvalue weighted by molar-refractivity contribution is 0.0744. The van der Waals surface area contributed by atoms with Gasteiger partial charge in [0.05, 0.1) is 10.6 Å². The third-order valence-electron chi connectivity index (χ3n) is 3.93. The fourth-order valence-electron chi connectivity index (χ4n) is 2.59. The first kappa shape index (κ1) is 18.3. The standard InChI is InChI=1S/C16H16ClF2N5O2/c17-10-7-12(19)11(18)6-9(10)15(25)20-14-8-13(21-22-14)16(26)23-24-4-2-1-3-5-24/h6-8H,1-5H2,(H,23,26)(H2,20,21,22,25). The van der Waals surface area contributed by atoms with E-state index in [4.69, 9.17) is 11.6 Å². The Morgan fingerprint density at radius 2 is 1.77 bits per heavy atom. The van der Waals surface area contributed by atoms with Gasteiger partial charge in [0.15, 0.2) is 17.5 Å². The molecule has 2 heterocycles. The Morgan fingerprint density at radius 3 is 2.50 bits per heavy atom. The number of halogens is 3. The molecule has 2 amide bonds. The quantitative estimate of drug-likeness (QED) is 0.708. The van der Waals surface area contributed by atoms with Crippen LogP contribution in [0.3, 0.4) is 0 Å². The summed E-state index contributed by atoms with van der Waals surface area (Å²) in [6.07, 6.45) is 3.16. The van der Waals surface area contributed by atoms with Crippen molar-refractivity contribution in [3.05, 3.63) is 46.1 Å². The van der Waals surface area contributed by atoms with Crippen LogP contribution in [0, 0.1) is 11.6 Å². The van der Waals surface area contributed by atoms with Crippen LogP contribution in [0.2, 0.25) is 5.02 Å². The third kappa shape index (κ3) is 4.17. The van der Waals surface area contributed by atoms with Crippen LogP contribution in [0.25, 0.3) is 0 Å². The highest BCUT2D eigenvalue weighted by atomic mass is 35.5. The van der Waals surface area contributed by atoms with E-state index in [2.05, 4.69) is 20.9 Å². The van der Waals surface area contributed by atoms with E-state index in [1.165, 1.54) is 6.07 Å². The molecule has 0 radical (unpaired) electrons. The van der Waals surface area contributed by atoms with Crippen molar-refractivity contribution < 1.29 is 18.4 Å². The van der Waals surface area contributed by atoms with E-state index in [0.29, 0.717) is 12.1 Å². The largest absolute Gasteiger partial charge is 0.305 e. The molecule has 1 aromatic heterocycles. The molecule has 1 saturated heterocycles. The first-order valence-corrected chi connectivity index (χ1v) is 8.39. The van der Waals surface area contributed by atoms with Crippen LogP contribution >= 0.6 is 11.6 Å². The number of carbonyl (C=O) groups is 2. The van der Waals surface area contributed by atoms with Crippen LogP contribution in [-0.4, -0.2) is 40.1 Å². The van der Waals surface area contributed by atoms with E-state index in [0.717, 1.165) is 32.4 Å². The number of anilines is 1. The molecule has 1 aromatic carbocycles. The lowest BCUT2D eigenvalue weighted by Gasteiger charge is -2.26. The van der Waals surface area contributed by atoms with Crippen molar-refractivity contribution in [3.8, 4) is 0 Å². The molecule has 138 valence electrons. The van der Waals surface area contributed by atoms with Crippen LogP contribution in [-0.2, 0) is 0 Å². The molecule has 0 unspecified atom stereocenters. The first-order valence-electron chi connectivity index (χ1n) is 8.01. The van der Waals surface area contributed by atoms with Gasteiger partial charge in [0.25, 0.3) is 11.8 Å². The van der Waals surface area contributed by atoms with Gasteiger partial charge in [-0.1, -0.05) is 18.0 Å². The number of nitrogens with zero attached hydrogens (tertiary/aromatic N) is 2. The molecule has 26 heavy (non-hydrogen) atoms. The van der Waals surface area contributed by atoms with Gasteiger partial charge in [-0.15, -0.1) is 0 Å². The zero-order chi connectivity index (χ0) is 18.7. The fraction of sp³-hybridized carbons (Fsp3) is 0.312. The van der Waals surface area contributed by atoms with Gasteiger partial charge >= 0.3 is 0 Å². The van der Waals surface area contributed by atoms with Crippen molar-refractivity contribution in [2.24, 2.45) is 0 Å². The molecule has 1 aliphatic rings. The van der Waals surface area contributed by atoms with Crippen molar-refractivity contribution in [1.82, 2.24) is 20.6 Å². The SMILES string of the molecule is O=C(NN1CCCCC1)c1cc(NC(=O)c2cc(F)c(F)cc2Cl)n[nH]1. The van der Waals surface area contributed by atoms with Gasteiger partial charge in [0.1, 0.15) is 5.69 Å². The zero-order valence-corrected chi connectivity index (χ0v) is 14.4. The summed E-state index contributed by atoms with van der Waals surface area (Å²) in [5.74, 6) is -3.44. The maximum absolute atomic E-state index is 13.3. The number of benzene rings is 1. The lowest BCUT2D eigenvalue weighted by atomic mass is 10.2. The van der Waals surface area contributed by atoms with Crippen molar-refractivity contribution in [2.75, 3.05) is 18.4 Å². The summed E-state index contributed by atoms with van der Waals surface area (Å²) in [5, 5.41) is 10.3. The van der Waals surface area contributed by atoms with Crippen LogP contribution in [0.15, 0.2) is 18.2 Å². The molecular weight excluding hydrogens is 368 g/mol. The number of nitrogens with one attached hydrogen (secondary N) is 3. The molecule has 0 spiro atoms. The lowest BCUT2D eigenvalue weighted by Crippen LogP contribution is -2.45. The topological polar surface area (TPSA) is 90.1 Å². The Labute approximate surface area is 152 Å². The van der Waals surface area contributed by atoms with E-state index in [1.54, 1.807) is 0 Å². The number of H-pyrrole nitrogens is 1. The van der Waals surface area contributed by atoms with Crippen LogP contribution in [0.1, 0.15) is 40.1 Å². The summed E-state index contributed by atoms with van der Waals surface area (Å²) in [5.41, 5.74) is 2.67. The Kier molecular flexibility index (Phi) is 5.48. The smallest absolute Gasteiger partial charge is 0.283 e. The Bertz CT molecular complexity index is 836. The zero-order valence-electron chi connectivity index (χ0n) is 13.6. The van der Waals surface area contributed by atoms with Crippen molar-refractivity contribution in [2.45, 2.75) is 19.3 Å². The summed E-state index contributed by atoms with van der Waals surface area (Å²) in [7, 11) is 0. The van der Waals surface area contributed by atoms with Crippen LogP contribution in [0.5, 0.6) is 0 Å². The highest BCUT2D eigenvalue weighted by Crippen LogP contribution is 2.21. The minimum Gasteiger partial charge on any atom is -0.305 e. The number of carbonyl (C=O) groups excluding carboxylic acids is 2. The molecule has 3 rings (SSSR count). The molecule has 3 N–H and O–H groups in total. The van der Waals surface area contributed by atoms with Crippen molar-refractivity contribution in [1.29, 1.82) is 0 Å². The van der Waals surface area contributed by atoms with Crippen molar-refractivity contribution in [3.63, 3.8) is 0 Å². The third-order valence-corrected chi connectivity index (χ3v) is 4.25. The maximum Gasteiger partial charge on any atom is 0.283 e. The summed E-state index contributed by atoms with van der Waals surface area (Å²) >= 11 is 5.76. The van der Waals surface area contributed by atoms with E-state index in [1.807, 2.05) is 5.01 Å². The highest BCUT2D eigenvalue weighted by Gasteiger charge is 2.19. The maximum atomic E-state index is 13.3. The normalized spacial score (nSPS) is 14.9. The number of rotatable bonds is 4. The second-order valence-corrected chi connectivity index (χ2v) is 6.26. The molecule has 10 heteroatoms. The molecule has 0 atom stereocenters. The minimum atomic E-state index is -1.19. The number of aromatic nitrogens is 2. The molecule has 1 fully saturated rings. The highest BCUT2D eigenvalue weighted by molar-refractivity contribution is 6.34. The second kappa shape index (κ2) is 7.79. The number of amides is 2. The Hall–Kier alpha value is -2.52.